The standard InChI is InChI=1S/C58H41NS/c1-3-13-40(14-4-1)43-23-26-46(27-24-43)57-52(37-38-54-53-20-10-12-22-56(53)60-58(54)57)45-31-35-50(36-32-45)59(49-33-29-44(30-34-49)41-15-5-2-6-16-41)55-21-11-9-19-51(55)48-28-25-42-17-7-8-18-47(42)39-48/h1-20,22-39,55H,21H2. The summed E-state index contributed by atoms with van der Waals surface area (Å²) in [5.74, 6) is 0. The van der Waals surface area contributed by atoms with Gasteiger partial charge < -0.3 is 4.90 Å². The summed E-state index contributed by atoms with van der Waals surface area (Å²) in [6.45, 7) is 0. The third kappa shape index (κ3) is 6.62. The average molecular weight is 784 g/mol. The lowest BCUT2D eigenvalue weighted by Gasteiger charge is -2.36. The Morgan fingerprint density at radius 1 is 0.417 bits per heavy atom. The Balaban J connectivity index is 1.03. The molecule has 2 heteroatoms. The molecule has 0 saturated carbocycles. The molecule has 284 valence electrons. The third-order valence-corrected chi connectivity index (χ3v) is 13.3. The van der Waals surface area contributed by atoms with E-state index in [1.807, 2.05) is 11.3 Å². The van der Waals surface area contributed by atoms with Crippen LogP contribution in [0.2, 0.25) is 0 Å². The maximum Gasteiger partial charge on any atom is 0.0631 e. The summed E-state index contributed by atoms with van der Waals surface area (Å²) in [5.41, 5.74) is 14.7. The zero-order valence-corrected chi connectivity index (χ0v) is 33.9. The Hall–Kier alpha value is -7.26. The third-order valence-electron chi connectivity index (χ3n) is 12.1. The number of allylic oxidation sites excluding steroid dienone is 2. The molecule has 60 heavy (non-hydrogen) atoms. The Morgan fingerprint density at radius 3 is 1.67 bits per heavy atom. The molecule has 0 amide bonds. The molecule has 0 bridgehead atoms. The lowest BCUT2D eigenvalue weighted by Crippen LogP contribution is -2.33. The largest absolute Gasteiger partial charge is 0.334 e. The first-order chi connectivity index (χ1) is 29.7. The predicted molar refractivity (Wildman–Crippen MR) is 259 cm³/mol. The van der Waals surface area contributed by atoms with Crippen LogP contribution in [0, 0.1) is 0 Å². The van der Waals surface area contributed by atoms with Crippen LogP contribution in [0.4, 0.5) is 11.4 Å². The number of thiophene rings is 1. The molecular weight excluding hydrogens is 743 g/mol. The van der Waals surface area contributed by atoms with Gasteiger partial charge in [0.1, 0.15) is 0 Å². The van der Waals surface area contributed by atoms with Gasteiger partial charge in [-0.2, -0.15) is 0 Å². The average Bonchev–Trinajstić information content (AvgIpc) is 3.71. The molecule has 0 fully saturated rings. The highest BCUT2D eigenvalue weighted by atomic mass is 32.1. The fraction of sp³-hybridized carbons (Fsp3) is 0.0345. The van der Waals surface area contributed by atoms with Crippen molar-refractivity contribution in [1.29, 1.82) is 0 Å². The number of fused-ring (bicyclic) bond motifs is 4. The van der Waals surface area contributed by atoms with Crippen molar-refractivity contribution >= 4 is 59.2 Å². The van der Waals surface area contributed by atoms with Crippen LogP contribution in [0.15, 0.2) is 231 Å². The van der Waals surface area contributed by atoms with Crippen molar-refractivity contribution in [2.24, 2.45) is 0 Å². The first kappa shape index (κ1) is 35.9. The summed E-state index contributed by atoms with van der Waals surface area (Å²) >= 11 is 1.89. The van der Waals surface area contributed by atoms with Gasteiger partial charge in [0.15, 0.2) is 0 Å². The monoisotopic (exact) mass is 783 g/mol. The Morgan fingerprint density at radius 2 is 0.967 bits per heavy atom. The number of benzene rings is 9. The summed E-state index contributed by atoms with van der Waals surface area (Å²) in [7, 11) is 0. The maximum absolute atomic E-state index is 2.54. The van der Waals surface area contributed by atoms with Gasteiger partial charge in [0.2, 0.25) is 0 Å². The lowest BCUT2D eigenvalue weighted by molar-refractivity contribution is 0.802. The van der Waals surface area contributed by atoms with E-state index < -0.39 is 0 Å². The highest BCUT2D eigenvalue weighted by Gasteiger charge is 2.27. The molecule has 10 aromatic rings. The molecule has 0 N–H and O–H groups in total. The Labute approximate surface area is 355 Å². The van der Waals surface area contributed by atoms with Crippen molar-refractivity contribution in [3.8, 4) is 44.5 Å². The minimum absolute atomic E-state index is 0.0955. The lowest BCUT2D eigenvalue weighted by atomic mass is 9.89. The molecule has 1 atom stereocenters. The number of hydrogen-bond donors (Lipinski definition) is 0. The first-order valence-electron chi connectivity index (χ1n) is 20.8. The van der Waals surface area contributed by atoms with Crippen LogP contribution < -0.4 is 4.90 Å². The van der Waals surface area contributed by atoms with Gasteiger partial charge in [-0.05, 0) is 104 Å². The van der Waals surface area contributed by atoms with Crippen LogP contribution >= 0.6 is 11.3 Å². The smallest absolute Gasteiger partial charge is 0.0631 e. The first-order valence-corrected chi connectivity index (χ1v) is 21.6. The van der Waals surface area contributed by atoms with E-state index in [0.29, 0.717) is 0 Å². The quantitative estimate of drug-likeness (QED) is 0.148. The normalized spacial score (nSPS) is 13.8. The van der Waals surface area contributed by atoms with E-state index >= 15 is 0 Å². The second kappa shape index (κ2) is 15.5. The van der Waals surface area contributed by atoms with E-state index in [-0.39, 0.29) is 6.04 Å². The second-order valence-corrected chi connectivity index (χ2v) is 16.7. The topological polar surface area (TPSA) is 3.24 Å². The van der Waals surface area contributed by atoms with Crippen molar-refractivity contribution < 1.29 is 0 Å². The van der Waals surface area contributed by atoms with Crippen molar-refractivity contribution in [2.45, 2.75) is 12.5 Å². The molecule has 1 aromatic heterocycles. The van der Waals surface area contributed by atoms with E-state index in [9.17, 15) is 0 Å². The summed E-state index contributed by atoms with van der Waals surface area (Å²) in [6, 6.07) is 78.0. The molecule has 1 heterocycles. The zero-order chi connectivity index (χ0) is 39.8. The van der Waals surface area contributed by atoms with E-state index in [1.54, 1.807) is 0 Å². The highest BCUT2D eigenvalue weighted by Crippen LogP contribution is 2.46. The number of anilines is 2. The highest BCUT2D eigenvalue weighted by molar-refractivity contribution is 7.26. The summed E-state index contributed by atoms with van der Waals surface area (Å²) in [6.07, 6.45) is 7.74. The minimum Gasteiger partial charge on any atom is -0.334 e. The van der Waals surface area contributed by atoms with E-state index in [1.165, 1.54) is 92.3 Å². The van der Waals surface area contributed by atoms with E-state index in [0.717, 1.165) is 12.1 Å². The predicted octanol–water partition coefficient (Wildman–Crippen LogP) is 16.4. The molecule has 1 aliphatic rings. The molecule has 0 saturated heterocycles. The molecular formula is C58H41NS. The van der Waals surface area contributed by atoms with E-state index in [2.05, 4.69) is 235 Å². The molecule has 1 unspecified atom stereocenters. The van der Waals surface area contributed by atoms with Crippen molar-refractivity contribution in [2.75, 3.05) is 4.90 Å². The Bertz CT molecular complexity index is 3190. The molecule has 9 aromatic carbocycles. The van der Waals surface area contributed by atoms with Gasteiger partial charge in [-0.3, -0.25) is 0 Å². The van der Waals surface area contributed by atoms with Crippen molar-refractivity contribution in [3.63, 3.8) is 0 Å². The Kier molecular flexibility index (Phi) is 9.26. The van der Waals surface area contributed by atoms with Crippen LogP contribution in [0.5, 0.6) is 0 Å². The number of rotatable bonds is 8. The van der Waals surface area contributed by atoms with Gasteiger partial charge in [0, 0.05) is 37.1 Å². The molecule has 1 aliphatic carbocycles. The zero-order valence-electron chi connectivity index (χ0n) is 33.1. The van der Waals surface area contributed by atoms with Crippen molar-refractivity contribution in [3.05, 3.63) is 236 Å². The second-order valence-electron chi connectivity index (χ2n) is 15.6. The number of nitrogens with zero attached hydrogens (tertiary/aromatic N) is 1. The maximum atomic E-state index is 2.54. The van der Waals surface area contributed by atoms with Crippen LogP contribution in [-0.4, -0.2) is 6.04 Å². The molecule has 11 rings (SSSR count). The van der Waals surface area contributed by atoms with Crippen LogP contribution in [0.1, 0.15) is 12.0 Å². The SMILES string of the molecule is C1=CCC(N(c2ccc(-c3ccccc3)cc2)c2ccc(-c3ccc4c(sc5ccccc54)c3-c3ccc(-c4ccccc4)cc3)cc2)C(c2ccc3ccccc3c2)=C1. The summed E-state index contributed by atoms with van der Waals surface area (Å²) in [5, 5.41) is 5.14. The van der Waals surface area contributed by atoms with Gasteiger partial charge in [-0.25, -0.2) is 0 Å². The van der Waals surface area contributed by atoms with Gasteiger partial charge in [0.25, 0.3) is 0 Å². The fourth-order valence-electron chi connectivity index (χ4n) is 9.05. The van der Waals surface area contributed by atoms with Gasteiger partial charge in [-0.1, -0.05) is 194 Å². The van der Waals surface area contributed by atoms with Crippen molar-refractivity contribution in [1.82, 2.24) is 0 Å². The van der Waals surface area contributed by atoms with Gasteiger partial charge >= 0.3 is 0 Å². The molecule has 0 spiro atoms. The van der Waals surface area contributed by atoms with Crippen LogP contribution in [0.3, 0.4) is 0 Å². The fourth-order valence-corrected chi connectivity index (χ4v) is 10.3. The number of hydrogen-bond acceptors (Lipinski definition) is 2. The summed E-state index contributed by atoms with van der Waals surface area (Å²) < 4.78 is 2.64. The van der Waals surface area contributed by atoms with E-state index in [4.69, 9.17) is 0 Å². The van der Waals surface area contributed by atoms with Gasteiger partial charge in [0.05, 0.1) is 6.04 Å². The van der Waals surface area contributed by atoms with Crippen LogP contribution in [0.25, 0.3) is 81.0 Å². The minimum atomic E-state index is 0.0955. The molecule has 0 aliphatic heterocycles. The van der Waals surface area contributed by atoms with Gasteiger partial charge in [-0.15, -0.1) is 11.3 Å². The summed E-state index contributed by atoms with van der Waals surface area (Å²) in [4.78, 5) is 2.54. The van der Waals surface area contributed by atoms with Crippen LogP contribution in [-0.2, 0) is 0 Å². The molecule has 1 nitrogen and oxygen atoms in total. The molecule has 0 radical (unpaired) electrons.